The molecule has 0 radical (unpaired) electrons. The molecule has 5 rings (SSSR count). The lowest BCUT2D eigenvalue weighted by molar-refractivity contribution is 0.0595. The van der Waals surface area contributed by atoms with Gasteiger partial charge < -0.3 is 14.5 Å². The van der Waals surface area contributed by atoms with Crippen molar-refractivity contribution in [3.05, 3.63) is 83.6 Å². The number of amides is 1. The van der Waals surface area contributed by atoms with Crippen LogP contribution in [0.3, 0.4) is 0 Å². The molecule has 3 aromatic rings. The summed E-state index contributed by atoms with van der Waals surface area (Å²) in [6, 6.07) is 20.6. The summed E-state index contributed by atoms with van der Waals surface area (Å²) < 4.78 is 5.99. The fourth-order valence-electron chi connectivity index (χ4n) is 5.06. The number of hydrogen-bond acceptors (Lipinski definition) is 5. The van der Waals surface area contributed by atoms with E-state index in [4.69, 9.17) is 4.74 Å². The zero-order valence-corrected chi connectivity index (χ0v) is 20.0. The first-order chi connectivity index (χ1) is 16.6. The lowest BCUT2D eigenvalue weighted by atomic mass is 10.0. The molecule has 0 spiro atoms. The number of fused-ring (bicyclic) bond motifs is 3. The van der Waals surface area contributed by atoms with Gasteiger partial charge in [0.2, 0.25) is 0 Å². The molecule has 1 aromatic heterocycles. The Labute approximate surface area is 201 Å². The molecule has 6 heteroatoms. The average Bonchev–Trinajstić information content (AvgIpc) is 3.21. The molecule has 1 atom stereocenters. The molecule has 176 valence electrons. The van der Waals surface area contributed by atoms with Crippen LogP contribution in [0.25, 0.3) is 11.3 Å². The molecule has 0 N–H and O–H groups in total. The van der Waals surface area contributed by atoms with Crippen LogP contribution in [0.2, 0.25) is 0 Å². The monoisotopic (exact) mass is 456 g/mol. The second-order valence-corrected chi connectivity index (χ2v) is 9.26. The third-order valence-corrected chi connectivity index (χ3v) is 6.74. The van der Waals surface area contributed by atoms with Crippen molar-refractivity contribution in [2.45, 2.75) is 12.5 Å². The minimum atomic E-state index is 0.0525. The highest BCUT2D eigenvalue weighted by atomic mass is 16.5. The van der Waals surface area contributed by atoms with Gasteiger partial charge in [-0.1, -0.05) is 42.5 Å². The fourth-order valence-corrected chi connectivity index (χ4v) is 5.06. The molecule has 1 fully saturated rings. The maximum Gasteiger partial charge on any atom is 0.257 e. The van der Waals surface area contributed by atoms with Crippen LogP contribution in [0, 0.1) is 0 Å². The molecule has 2 heterocycles. The Hall–Kier alpha value is -3.22. The van der Waals surface area contributed by atoms with Gasteiger partial charge in [0.1, 0.15) is 5.75 Å². The number of piperazine rings is 1. The maximum atomic E-state index is 13.4. The van der Waals surface area contributed by atoms with Gasteiger partial charge in [-0.3, -0.25) is 14.7 Å². The fraction of sp³-hybridized carbons (Fsp3) is 0.357. The highest BCUT2D eigenvalue weighted by Gasteiger charge is 2.36. The van der Waals surface area contributed by atoms with Crippen molar-refractivity contribution in [2.24, 2.45) is 0 Å². The summed E-state index contributed by atoms with van der Waals surface area (Å²) in [5.74, 6) is 0.732. The SMILES string of the molecule is CN(C)CCCOc1ccccc1C(=O)N1CCN(C2c3ccccc3-c3ncccc32)CC1. The normalized spacial score (nSPS) is 17.5. The minimum absolute atomic E-state index is 0.0525. The summed E-state index contributed by atoms with van der Waals surface area (Å²) in [7, 11) is 4.10. The van der Waals surface area contributed by atoms with Gasteiger partial charge in [0.05, 0.1) is 23.9 Å². The van der Waals surface area contributed by atoms with E-state index in [1.807, 2.05) is 41.4 Å². The largest absolute Gasteiger partial charge is 0.493 e. The van der Waals surface area contributed by atoms with Crippen LogP contribution in [0.15, 0.2) is 66.9 Å². The van der Waals surface area contributed by atoms with E-state index in [0.717, 1.165) is 31.7 Å². The third kappa shape index (κ3) is 4.43. The zero-order valence-electron chi connectivity index (χ0n) is 20.0. The Bertz CT molecular complexity index is 1110. The molecular formula is C28H32N4O2. The summed E-state index contributed by atoms with van der Waals surface area (Å²) in [6.45, 7) is 4.60. The van der Waals surface area contributed by atoms with E-state index in [-0.39, 0.29) is 11.9 Å². The second kappa shape index (κ2) is 9.95. The molecule has 0 bridgehead atoms. The van der Waals surface area contributed by atoms with Crippen LogP contribution in [-0.2, 0) is 0 Å². The number of pyridine rings is 1. The van der Waals surface area contributed by atoms with Gasteiger partial charge in [0.15, 0.2) is 0 Å². The van der Waals surface area contributed by atoms with Gasteiger partial charge in [0, 0.05) is 50.0 Å². The number of hydrogen-bond donors (Lipinski definition) is 0. The molecular weight excluding hydrogens is 424 g/mol. The Balaban J connectivity index is 1.27. The number of aromatic nitrogens is 1. The van der Waals surface area contributed by atoms with Crippen molar-refractivity contribution in [2.75, 3.05) is 53.4 Å². The van der Waals surface area contributed by atoms with E-state index in [0.29, 0.717) is 31.0 Å². The first-order valence-electron chi connectivity index (χ1n) is 12.1. The molecule has 2 aliphatic rings. The van der Waals surface area contributed by atoms with E-state index in [1.165, 1.54) is 16.7 Å². The Morgan fingerprint density at radius 3 is 2.53 bits per heavy atom. The Morgan fingerprint density at radius 2 is 1.71 bits per heavy atom. The van der Waals surface area contributed by atoms with Crippen molar-refractivity contribution in [3.63, 3.8) is 0 Å². The molecule has 1 aliphatic carbocycles. The average molecular weight is 457 g/mol. The second-order valence-electron chi connectivity index (χ2n) is 9.26. The van der Waals surface area contributed by atoms with E-state index in [2.05, 4.69) is 59.2 Å². The van der Waals surface area contributed by atoms with Gasteiger partial charge in [-0.05, 0) is 44.3 Å². The van der Waals surface area contributed by atoms with Crippen LogP contribution < -0.4 is 4.74 Å². The molecule has 1 unspecified atom stereocenters. The summed E-state index contributed by atoms with van der Waals surface area (Å²) in [5, 5.41) is 0. The Kier molecular flexibility index (Phi) is 6.61. The number of benzene rings is 2. The highest BCUT2D eigenvalue weighted by molar-refractivity contribution is 5.97. The van der Waals surface area contributed by atoms with Crippen LogP contribution >= 0.6 is 0 Å². The predicted molar refractivity (Wildman–Crippen MR) is 134 cm³/mol. The van der Waals surface area contributed by atoms with Gasteiger partial charge in [0.25, 0.3) is 5.91 Å². The van der Waals surface area contributed by atoms with E-state index in [9.17, 15) is 4.79 Å². The molecule has 6 nitrogen and oxygen atoms in total. The van der Waals surface area contributed by atoms with Crippen molar-refractivity contribution < 1.29 is 9.53 Å². The van der Waals surface area contributed by atoms with Crippen molar-refractivity contribution >= 4 is 5.91 Å². The van der Waals surface area contributed by atoms with Crippen LogP contribution in [-0.4, -0.2) is 79.0 Å². The summed E-state index contributed by atoms with van der Waals surface area (Å²) in [6.07, 6.45) is 2.79. The van der Waals surface area contributed by atoms with Gasteiger partial charge in [-0.2, -0.15) is 0 Å². The van der Waals surface area contributed by atoms with Crippen LogP contribution in [0.5, 0.6) is 5.75 Å². The highest BCUT2D eigenvalue weighted by Crippen LogP contribution is 2.45. The first kappa shape index (κ1) is 22.6. The van der Waals surface area contributed by atoms with Crippen molar-refractivity contribution in [1.29, 1.82) is 0 Å². The van der Waals surface area contributed by atoms with Gasteiger partial charge >= 0.3 is 0 Å². The van der Waals surface area contributed by atoms with Crippen molar-refractivity contribution in [3.8, 4) is 17.0 Å². The molecule has 2 aromatic carbocycles. The standard InChI is InChI=1S/C28H32N4O2/c1-30(2)15-8-20-34-25-13-6-5-11-23(25)28(33)32-18-16-31(17-19-32)27-22-10-4-3-9-21(22)26-24(27)12-7-14-29-26/h3-7,9-14,27H,8,15-20H2,1-2H3. The lowest BCUT2D eigenvalue weighted by Crippen LogP contribution is -2.49. The predicted octanol–water partition coefficient (Wildman–Crippen LogP) is 3.94. The van der Waals surface area contributed by atoms with Crippen LogP contribution in [0.4, 0.5) is 0 Å². The lowest BCUT2D eigenvalue weighted by Gasteiger charge is -2.38. The van der Waals surface area contributed by atoms with E-state index < -0.39 is 0 Å². The van der Waals surface area contributed by atoms with Gasteiger partial charge in [-0.25, -0.2) is 0 Å². The smallest absolute Gasteiger partial charge is 0.257 e. The Morgan fingerprint density at radius 1 is 0.971 bits per heavy atom. The maximum absolute atomic E-state index is 13.4. The summed E-state index contributed by atoms with van der Waals surface area (Å²) in [4.78, 5) is 24.6. The number of nitrogens with zero attached hydrogens (tertiary/aromatic N) is 4. The summed E-state index contributed by atoms with van der Waals surface area (Å²) in [5.41, 5.74) is 5.54. The number of rotatable bonds is 7. The number of carbonyl (C=O) groups excluding carboxylic acids is 1. The zero-order chi connectivity index (χ0) is 23.5. The number of para-hydroxylation sites is 1. The molecule has 0 saturated carbocycles. The van der Waals surface area contributed by atoms with E-state index in [1.54, 1.807) is 0 Å². The first-order valence-corrected chi connectivity index (χ1v) is 12.1. The minimum Gasteiger partial charge on any atom is -0.493 e. The number of ether oxygens (including phenoxy) is 1. The summed E-state index contributed by atoms with van der Waals surface area (Å²) >= 11 is 0. The molecule has 1 saturated heterocycles. The molecule has 34 heavy (non-hydrogen) atoms. The van der Waals surface area contributed by atoms with Crippen molar-refractivity contribution in [1.82, 2.24) is 19.7 Å². The molecule has 1 amide bonds. The quantitative estimate of drug-likeness (QED) is 0.504. The van der Waals surface area contributed by atoms with Crippen LogP contribution in [0.1, 0.15) is 33.9 Å². The van der Waals surface area contributed by atoms with E-state index >= 15 is 0 Å². The topological polar surface area (TPSA) is 48.9 Å². The molecule has 1 aliphatic heterocycles. The number of carbonyl (C=O) groups is 1. The third-order valence-electron chi connectivity index (χ3n) is 6.74. The van der Waals surface area contributed by atoms with Gasteiger partial charge in [-0.15, -0.1) is 0 Å².